The molecule has 2 aromatic heterocycles. The molecule has 3 rings (SSSR count). The fraction of sp³-hybridized carbons (Fsp3) is 0.444. The van der Waals surface area contributed by atoms with Crippen LogP contribution in [0, 0.1) is 0 Å². The third kappa shape index (κ3) is 2.60. The zero-order chi connectivity index (χ0) is 13.9. The van der Waals surface area contributed by atoms with Crippen LogP contribution in [-0.4, -0.2) is 0 Å². The largest absolute Gasteiger partial charge is 0.461 e. The topological polar surface area (TPSA) is 26.3 Å². The van der Waals surface area contributed by atoms with Gasteiger partial charge < -0.3 is 8.83 Å². The SMILES string of the molecule is CCCCc1cc2cc3oc(CCCC)cc3cc2o1. The van der Waals surface area contributed by atoms with E-state index in [-0.39, 0.29) is 0 Å². The van der Waals surface area contributed by atoms with Crippen molar-refractivity contribution in [3.05, 3.63) is 35.8 Å². The lowest BCUT2D eigenvalue weighted by atomic mass is 10.1. The number of aryl methyl sites for hydroxylation is 2. The maximum Gasteiger partial charge on any atom is 0.135 e. The average molecular weight is 270 g/mol. The van der Waals surface area contributed by atoms with Gasteiger partial charge in [-0.25, -0.2) is 0 Å². The fourth-order valence-corrected chi connectivity index (χ4v) is 2.63. The van der Waals surface area contributed by atoms with Crippen LogP contribution in [-0.2, 0) is 12.8 Å². The van der Waals surface area contributed by atoms with Gasteiger partial charge in [0.1, 0.15) is 22.7 Å². The first-order chi connectivity index (χ1) is 9.80. The smallest absolute Gasteiger partial charge is 0.135 e. The molecule has 0 unspecified atom stereocenters. The molecule has 0 bridgehead atoms. The average Bonchev–Trinajstić information content (AvgIpc) is 3.01. The molecule has 20 heavy (non-hydrogen) atoms. The molecule has 0 saturated carbocycles. The molecule has 2 heterocycles. The van der Waals surface area contributed by atoms with E-state index in [2.05, 4.69) is 38.1 Å². The minimum absolute atomic E-state index is 0.978. The molecular formula is C18H22O2. The van der Waals surface area contributed by atoms with E-state index in [1.807, 2.05) is 0 Å². The number of hydrogen-bond donors (Lipinski definition) is 0. The third-order valence-electron chi connectivity index (χ3n) is 3.81. The highest BCUT2D eigenvalue weighted by molar-refractivity contribution is 5.93. The lowest BCUT2D eigenvalue weighted by molar-refractivity contribution is 0.534. The van der Waals surface area contributed by atoms with Gasteiger partial charge in [0.25, 0.3) is 0 Å². The molecule has 2 heteroatoms. The van der Waals surface area contributed by atoms with Gasteiger partial charge in [-0.3, -0.25) is 0 Å². The molecular weight excluding hydrogens is 248 g/mol. The van der Waals surface area contributed by atoms with Crippen molar-refractivity contribution in [2.24, 2.45) is 0 Å². The summed E-state index contributed by atoms with van der Waals surface area (Å²) in [6, 6.07) is 8.52. The standard InChI is InChI=1S/C18H22O2/c1-3-5-7-15-9-13-11-18-14(12-17(13)19-15)10-16(20-18)8-6-4-2/h9-12H,3-8H2,1-2H3. The van der Waals surface area contributed by atoms with Crippen molar-refractivity contribution in [2.75, 3.05) is 0 Å². The van der Waals surface area contributed by atoms with E-state index in [0.717, 1.165) is 46.3 Å². The number of benzene rings is 1. The molecule has 0 aliphatic rings. The Morgan fingerprint density at radius 1 is 0.700 bits per heavy atom. The first kappa shape index (κ1) is 13.3. The molecule has 0 spiro atoms. The fourth-order valence-electron chi connectivity index (χ4n) is 2.63. The van der Waals surface area contributed by atoms with Crippen LogP contribution >= 0.6 is 0 Å². The van der Waals surface area contributed by atoms with Gasteiger partial charge in [0.15, 0.2) is 0 Å². The zero-order valence-corrected chi connectivity index (χ0v) is 12.4. The quantitative estimate of drug-likeness (QED) is 0.560. The van der Waals surface area contributed by atoms with Gasteiger partial charge in [0.05, 0.1) is 0 Å². The van der Waals surface area contributed by atoms with Gasteiger partial charge in [-0.05, 0) is 37.1 Å². The van der Waals surface area contributed by atoms with Crippen LogP contribution < -0.4 is 0 Å². The Morgan fingerprint density at radius 3 is 1.55 bits per heavy atom. The van der Waals surface area contributed by atoms with E-state index in [9.17, 15) is 0 Å². The second-order valence-corrected chi connectivity index (χ2v) is 5.56. The van der Waals surface area contributed by atoms with Gasteiger partial charge in [-0.2, -0.15) is 0 Å². The van der Waals surface area contributed by atoms with Gasteiger partial charge in [-0.15, -0.1) is 0 Å². The van der Waals surface area contributed by atoms with Crippen molar-refractivity contribution >= 4 is 21.9 Å². The second-order valence-electron chi connectivity index (χ2n) is 5.56. The zero-order valence-electron chi connectivity index (χ0n) is 12.4. The van der Waals surface area contributed by atoms with Gasteiger partial charge in [-0.1, -0.05) is 26.7 Å². The van der Waals surface area contributed by atoms with E-state index in [4.69, 9.17) is 8.83 Å². The van der Waals surface area contributed by atoms with E-state index in [1.165, 1.54) is 25.7 Å². The third-order valence-corrected chi connectivity index (χ3v) is 3.81. The Balaban J connectivity index is 1.93. The first-order valence-electron chi connectivity index (χ1n) is 7.75. The highest BCUT2D eigenvalue weighted by atomic mass is 16.3. The summed E-state index contributed by atoms with van der Waals surface area (Å²) in [7, 11) is 0. The highest BCUT2D eigenvalue weighted by Gasteiger charge is 2.09. The number of rotatable bonds is 6. The van der Waals surface area contributed by atoms with Crippen LogP contribution in [0.25, 0.3) is 21.9 Å². The van der Waals surface area contributed by atoms with Gasteiger partial charge in [0.2, 0.25) is 0 Å². The summed E-state index contributed by atoms with van der Waals surface area (Å²) in [4.78, 5) is 0. The van der Waals surface area contributed by atoms with Crippen LogP contribution in [0.2, 0.25) is 0 Å². The Kier molecular flexibility index (Phi) is 3.81. The number of furan rings is 2. The summed E-state index contributed by atoms with van der Waals surface area (Å²) in [6.07, 6.45) is 6.79. The minimum atomic E-state index is 0.978. The van der Waals surface area contributed by atoms with Crippen molar-refractivity contribution in [2.45, 2.75) is 52.4 Å². The molecule has 1 aromatic carbocycles. The predicted octanol–water partition coefficient (Wildman–Crippen LogP) is 5.86. The summed E-state index contributed by atoms with van der Waals surface area (Å²) in [5, 5.41) is 2.31. The van der Waals surface area contributed by atoms with Gasteiger partial charge in [0, 0.05) is 23.6 Å². The van der Waals surface area contributed by atoms with Crippen molar-refractivity contribution in [1.29, 1.82) is 0 Å². The Hall–Kier alpha value is -1.70. The van der Waals surface area contributed by atoms with Crippen LogP contribution in [0.4, 0.5) is 0 Å². The van der Waals surface area contributed by atoms with E-state index in [0.29, 0.717) is 0 Å². The summed E-state index contributed by atoms with van der Waals surface area (Å²) >= 11 is 0. The maximum absolute atomic E-state index is 5.93. The summed E-state index contributed by atoms with van der Waals surface area (Å²) < 4.78 is 11.9. The molecule has 0 saturated heterocycles. The summed E-state index contributed by atoms with van der Waals surface area (Å²) in [6.45, 7) is 4.40. The predicted molar refractivity (Wildman–Crippen MR) is 83.2 cm³/mol. The van der Waals surface area contributed by atoms with Crippen LogP contribution in [0.5, 0.6) is 0 Å². The molecule has 0 radical (unpaired) electrons. The summed E-state index contributed by atoms with van der Waals surface area (Å²) in [5.41, 5.74) is 1.96. The van der Waals surface area contributed by atoms with E-state index in [1.54, 1.807) is 0 Å². The highest BCUT2D eigenvalue weighted by Crippen LogP contribution is 2.29. The van der Waals surface area contributed by atoms with Crippen molar-refractivity contribution < 1.29 is 8.83 Å². The van der Waals surface area contributed by atoms with E-state index < -0.39 is 0 Å². The monoisotopic (exact) mass is 270 g/mol. The van der Waals surface area contributed by atoms with Crippen LogP contribution in [0.1, 0.15) is 51.1 Å². The molecule has 106 valence electrons. The lowest BCUT2D eigenvalue weighted by Crippen LogP contribution is -1.78. The van der Waals surface area contributed by atoms with Gasteiger partial charge >= 0.3 is 0 Å². The Morgan fingerprint density at radius 2 is 1.15 bits per heavy atom. The lowest BCUT2D eigenvalue weighted by Gasteiger charge is -1.91. The molecule has 0 atom stereocenters. The number of unbranched alkanes of at least 4 members (excludes halogenated alkanes) is 2. The van der Waals surface area contributed by atoms with Crippen molar-refractivity contribution in [3.63, 3.8) is 0 Å². The number of fused-ring (bicyclic) bond motifs is 2. The molecule has 0 N–H and O–H groups in total. The van der Waals surface area contributed by atoms with Crippen molar-refractivity contribution in [1.82, 2.24) is 0 Å². The Labute approximate surface area is 119 Å². The van der Waals surface area contributed by atoms with E-state index >= 15 is 0 Å². The molecule has 3 aromatic rings. The Bertz CT molecular complexity index is 594. The van der Waals surface area contributed by atoms with Crippen LogP contribution in [0.3, 0.4) is 0 Å². The molecule has 0 aliphatic carbocycles. The first-order valence-corrected chi connectivity index (χ1v) is 7.75. The number of hydrogen-bond acceptors (Lipinski definition) is 2. The second kappa shape index (κ2) is 5.74. The molecule has 0 fully saturated rings. The van der Waals surface area contributed by atoms with Crippen LogP contribution in [0.15, 0.2) is 33.1 Å². The molecule has 0 aliphatic heterocycles. The maximum atomic E-state index is 5.93. The minimum Gasteiger partial charge on any atom is -0.461 e. The summed E-state index contributed by atoms with van der Waals surface area (Å²) in [5.74, 6) is 2.17. The van der Waals surface area contributed by atoms with Crippen molar-refractivity contribution in [3.8, 4) is 0 Å². The molecule has 2 nitrogen and oxygen atoms in total. The normalized spacial score (nSPS) is 11.7. The molecule has 0 amide bonds.